The molecule has 3 heteroatoms. The van der Waals surface area contributed by atoms with E-state index in [4.69, 9.17) is 0 Å². The van der Waals surface area contributed by atoms with Crippen molar-refractivity contribution >= 4 is 11.6 Å². The smallest absolute Gasteiger partial charge is 0.201 e. The van der Waals surface area contributed by atoms with Crippen LogP contribution in [0.5, 0.6) is 0 Å². The average Bonchev–Trinajstić information content (AvgIpc) is 2.54. The van der Waals surface area contributed by atoms with Crippen LogP contribution in [0.25, 0.3) is 0 Å². The second-order valence-corrected chi connectivity index (χ2v) is 5.47. The molecule has 0 aromatic heterocycles. The number of hydrogen-bond donors (Lipinski definition) is 2. The second kappa shape index (κ2) is 4.77. The van der Waals surface area contributed by atoms with E-state index >= 15 is 0 Å². The maximum absolute atomic E-state index is 4.54. The first-order valence-electron chi connectivity index (χ1n) is 7.31. The quantitative estimate of drug-likeness (QED) is 0.822. The van der Waals surface area contributed by atoms with Crippen LogP contribution in [-0.2, 0) is 0 Å². The van der Waals surface area contributed by atoms with Crippen molar-refractivity contribution < 1.29 is 0 Å². The number of allylic oxidation sites excluding steroid dienone is 3. The van der Waals surface area contributed by atoms with Gasteiger partial charge in [-0.1, -0.05) is 48.6 Å². The number of aliphatic imine (C=N–C) groups is 1. The lowest BCUT2D eigenvalue weighted by atomic mass is 9.73. The van der Waals surface area contributed by atoms with Crippen LogP contribution < -0.4 is 10.6 Å². The van der Waals surface area contributed by atoms with Crippen LogP contribution in [0.1, 0.15) is 12.8 Å². The fourth-order valence-electron chi connectivity index (χ4n) is 3.13. The Bertz CT molecular complexity index is 707. The van der Waals surface area contributed by atoms with Gasteiger partial charge in [-0.3, -0.25) is 0 Å². The Morgan fingerprint density at radius 2 is 2.05 bits per heavy atom. The zero-order valence-electron chi connectivity index (χ0n) is 11.7. The molecule has 21 heavy (non-hydrogen) atoms. The van der Waals surface area contributed by atoms with Crippen LogP contribution in [0.4, 0.5) is 5.69 Å². The van der Waals surface area contributed by atoms with Gasteiger partial charge >= 0.3 is 0 Å². The van der Waals surface area contributed by atoms with Crippen LogP contribution in [0.2, 0.25) is 0 Å². The summed E-state index contributed by atoms with van der Waals surface area (Å²) >= 11 is 0. The van der Waals surface area contributed by atoms with Crippen LogP contribution in [0.15, 0.2) is 83.1 Å². The molecular formula is C18H17N3. The number of rotatable bonds is 1. The molecule has 1 heterocycles. The number of benzene rings is 1. The van der Waals surface area contributed by atoms with Crippen molar-refractivity contribution in [1.29, 1.82) is 0 Å². The van der Waals surface area contributed by atoms with Gasteiger partial charge in [0.25, 0.3) is 0 Å². The molecule has 104 valence electrons. The van der Waals surface area contributed by atoms with E-state index in [9.17, 15) is 0 Å². The zero-order valence-corrected chi connectivity index (χ0v) is 11.7. The molecule has 1 unspecified atom stereocenters. The van der Waals surface area contributed by atoms with Crippen LogP contribution in [0, 0.1) is 0 Å². The van der Waals surface area contributed by atoms with Gasteiger partial charge in [0.2, 0.25) is 5.96 Å². The van der Waals surface area contributed by atoms with Crippen molar-refractivity contribution in [2.75, 3.05) is 5.32 Å². The fraction of sp³-hybridized carbons (Fsp3) is 0.167. The summed E-state index contributed by atoms with van der Waals surface area (Å²) in [5.74, 6) is 0.790. The van der Waals surface area contributed by atoms with Crippen molar-refractivity contribution in [3.63, 3.8) is 0 Å². The Labute approximate surface area is 124 Å². The van der Waals surface area contributed by atoms with Gasteiger partial charge in [-0.2, -0.15) is 0 Å². The first kappa shape index (κ1) is 12.2. The van der Waals surface area contributed by atoms with E-state index in [1.807, 2.05) is 36.5 Å². The zero-order chi connectivity index (χ0) is 14.1. The molecule has 2 N–H and O–H groups in total. The Morgan fingerprint density at radius 1 is 1.14 bits per heavy atom. The highest BCUT2D eigenvalue weighted by atomic mass is 15.2. The molecule has 0 saturated carbocycles. The second-order valence-electron chi connectivity index (χ2n) is 5.47. The highest BCUT2D eigenvalue weighted by Gasteiger charge is 2.39. The lowest BCUT2D eigenvalue weighted by Gasteiger charge is -2.42. The number of anilines is 1. The highest BCUT2D eigenvalue weighted by Crippen LogP contribution is 2.39. The molecule has 0 bridgehead atoms. The minimum atomic E-state index is -0.216. The topological polar surface area (TPSA) is 36.4 Å². The van der Waals surface area contributed by atoms with Gasteiger partial charge in [-0.25, -0.2) is 4.99 Å². The molecule has 0 saturated heterocycles. The summed E-state index contributed by atoms with van der Waals surface area (Å²) < 4.78 is 0. The molecule has 3 nitrogen and oxygen atoms in total. The lowest BCUT2D eigenvalue weighted by molar-refractivity contribution is 0.580. The Hall–Kier alpha value is -2.55. The van der Waals surface area contributed by atoms with Crippen LogP contribution >= 0.6 is 0 Å². The summed E-state index contributed by atoms with van der Waals surface area (Å²) in [5.41, 5.74) is 3.46. The number of nitrogens with one attached hydrogen (secondary N) is 2. The molecule has 1 spiro atoms. The van der Waals surface area contributed by atoms with Gasteiger partial charge < -0.3 is 10.6 Å². The number of nitrogens with zero attached hydrogens (tertiary/aromatic N) is 1. The summed E-state index contributed by atoms with van der Waals surface area (Å²) in [7, 11) is 0. The predicted octanol–water partition coefficient (Wildman–Crippen LogP) is 3.53. The molecule has 1 aromatic rings. The van der Waals surface area contributed by atoms with Gasteiger partial charge in [-0.15, -0.1) is 0 Å². The summed E-state index contributed by atoms with van der Waals surface area (Å²) in [5, 5.41) is 6.93. The van der Waals surface area contributed by atoms with Crippen LogP contribution in [-0.4, -0.2) is 11.5 Å². The molecule has 1 atom stereocenters. The number of guanidine groups is 1. The van der Waals surface area contributed by atoms with Gasteiger partial charge in [0.05, 0.1) is 0 Å². The van der Waals surface area contributed by atoms with Gasteiger partial charge in [-0.05, 0) is 36.1 Å². The standard InChI is InChI=1S/C18H17N3/c1-2-10-16(11-3-1)20-17-19-13-15-9-6-8-14-7-4-5-12-18(14,15)21-17/h1-5,7-8,10-13H,6,9H2,(H2,19,20,21). The minimum Gasteiger partial charge on any atom is -0.339 e. The SMILES string of the molecule is C1=CC2=CCCC3=CN=C(Nc4ccccc4)NC23C=C1. The van der Waals surface area contributed by atoms with Crippen molar-refractivity contribution in [3.8, 4) is 0 Å². The average molecular weight is 275 g/mol. The van der Waals surface area contributed by atoms with Crippen molar-refractivity contribution in [3.05, 3.63) is 78.1 Å². The highest BCUT2D eigenvalue weighted by molar-refractivity contribution is 5.96. The third kappa shape index (κ3) is 2.02. The molecule has 0 fully saturated rings. The number of para-hydroxylation sites is 1. The summed E-state index contributed by atoms with van der Waals surface area (Å²) in [4.78, 5) is 4.54. The normalized spacial score (nSPS) is 25.8. The van der Waals surface area contributed by atoms with E-state index in [2.05, 4.69) is 46.0 Å². The van der Waals surface area contributed by atoms with E-state index in [0.29, 0.717) is 0 Å². The largest absolute Gasteiger partial charge is 0.339 e. The molecule has 4 rings (SSSR count). The first-order valence-corrected chi connectivity index (χ1v) is 7.31. The van der Waals surface area contributed by atoms with E-state index < -0.39 is 0 Å². The molecular weight excluding hydrogens is 258 g/mol. The summed E-state index contributed by atoms with van der Waals surface area (Å²) in [6, 6.07) is 10.1. The fourth-order valence-corrected chi connectivity index (χ4v) is 3.13. The van der Waals surface area contributed by atoms with Crippen molar-refractivity contribution in [2.45, 2.75) is 18.4 Å². The maximum atomic E-state index is 4.54. The summed E-state index contributed by atoms with van der Waals surface area (Å²) in [6.45, 7) is 0. The van der Waals surface area contributed by atoms with E-state index in [-0.39, 0.29) is 5.54 Å². The molecule has 1 aliphatic heterocycles. The third-order valence-electron chi connectivity index (χ3n) is 4.17. The molecule has 2 aliphatic carbocycles. The predicted molar refractivity (Wildman–Crippen MR) is 87.0 cm³/mol. The van der Waals surface area contributed by atoms with E-state index in [0.717, 1.165) is 24.5 Å². The lowest BCUT2D eigenvalue weighted by Crippen LogP contribution is -2.54. The summed E-state index contributed by atoms with van der Waals surface area (Å²) in [6.07, 6.45) is 15.1. The third-order valence-corrected chi connectivity index (χ3v) is 4.17. The maximum Gasteiger partial charge on any atom is 0.201 e. The Kier molecular flexibility index (Phi) is 2.78. The van der Waals surface area contributed by atoms with Crippen molar-refractivity contribution in [1.82, 2.24) is 5.32 Å². The van der Waals surface area contributed by atoms with Gasteiger partial charge in [0.15, 0.2) is 0 Å². The monoisotopic (exact) mass is 275 g/mol. The van der Waals surface area contributed by atoms with E-state index in [1.54, 1.807) is 0 Å². The Morgan fingerprint density at radius 3 is 2.95 bits per heavy atom. The van der Waals surface area contributed by atoms with Crippen molar-refractivity contribution in [2.24, 2.45) is 4.99 Å². The first-order chi connectivity index (χ1) is 10.4. The number of hydrogen-bond acceptors (Lipinski definition) is 3. The van der Waals surface area contributed by atoms with Gasteiger partial charge in [0, 0.05) is 11.9 Å². The van der Waals surface area contributed by atoms with Crippen LogP contribution in [0.3, 0.4) is 0 Å². The molecule has 0 radical (unpaired) electrons. The molecule has 3 aliphatic rings. The minimum absolute atomic E-state index is 0.216. The van der Waals surface area contributed by atoms with E-state index in [1.165, 1.54) is 11.1 Å². The molecule has 1 aromatic carbocycles. The molecule has 0 amide bonds. The Balaban J connectivity index is 1.68. The van der Waals surface area contributed by atoms with Gasteiger partial charge in [0.1, 0.15) is 5.54 Å².